The van der Waals surface area contributed by atoms with Crippen LogP contribution >= 0.6 is 0 Å². The predicted octanol–water partition coefficient (Wildman–Crippen LogP) is 2.71. The Morgan fingerprint density at radius 1 is 1.19 bits per heavy atom. The molecule has 1 unspecified atom stereocenters. The van der Waals surface area contributed by atoms with E-state index in [2.05, 4.69) is 5.32 Å². The maximum absolute atomic E-state index is 12.1. The fourth-order valence-corrected chi connectivity index (χ4v) is 3.04. The van der Waals surface area contributed by atoms with Gasteiger partial charge >= 0.3 is 0 Å². The van der Waals surface area contributed by atoms with Gasteiger partial charge in [-0.1, -0.05) is 24.3 Å². The SMILES string of the molecule is Cc1cccc(S(=O)CCC(=O)Nc2ccccc2N)c1. The summed E-state index contributed by atoms with van der Waals surface area (Å²) in [7, 11) is -1.17. The normalized spacial score (nSPS) is 11.9. The Bertz CT molecular complexity index is 671. The number of nitrogen functional groups attached to an aromatic ring is 1. The van der Waals surface area contributed by atoms with Crippen molar-refractivity contribution in [2.24, 2.45) is 0 Å². The summed E-state index contributed by atoms with van der Waals surface area (Å²) in [6, 6.07) is 14.6. The van der Waals surface area contributed by atoms with Gasteiger partial charge in [0.15, 0.2) is 0 Å². The van der Waals surface area contributed by atoms with Gasteiger partial charge < -0.3 is 11.1 Å². The molecule has 0 saturated carbocycles. The van der Waals surface area contributed by atoms with Gasteiger partial charge in [0, 0.05) is 17.1 Å². The van der Waals surface area contributed by atoms with Crippen molar-refractivity contribution in [3.8, 4) is 0 Å². The van der Waals surface area contributed by atoms with Gasteiger partial charge in [0.1, 0.15) is 0 Å². The zero-order chi connectivity index (χ0) is 15.2. The Morgan fingerprint density at radius 2 is 1.95 bits per heavy atom. The number of para-hydroxylation sites is 2. The minimum Gasteiger partial charge on any atom is -0.397 e. The minimum absolute atomic E-state index is 0.186. The second-order valence-electron chi connectivity index (χ2n) is 4.75. The van der Waals surface area contributed by atoms with Crippen molar-refractivity contribution in [3.05, 3.63) is 54.1 Å². The van der Waals surface area contributed by atoms with Crippen molar-refractivity contribution in [1.29, 1.82) is 0 Å². The van der Waals surface area contributed by atoms with E-state index >= 15 is 0 Å². The third-order valence-corrected chi connectivity index (χ3v) is 4.36. The Kier molecular flexibility index (Phi) is 5.11. The molecule has 1 atom stereocenters. The van der Waals surface area contributed by atoms with Crippen molar-refractivity contribution in [2.45, 2.75) is 18.2 Å². The van der Waals surface area contributed by atoms with Gasteiger partial charge in [-0.25, -0.2) is 0 Å². The molecule has 3 N–H and O–H groups in total. The van der Waals surface area contributed by atoms with Gasteiger partial charge in [0.25, 0.3) is 0 Å². The highest BCUT2D eigenvalue weighted by Crippen LogP contribution is 2.17. The quantitative estimate of drug-likeness (QED) is 0.834. The highest BCUT2D eigenvalue weighted by atomic mass is 32.2. The molecule has 4 nitrogen and oxygen atoms in total. The van der Waals surface area contributed by atoms with Gasteiger partial charge in [0.2, 0.25) is 5.91 Å². The number of carbonyl (C=O) groups is 1. The van der Waals surface area contributed by atoms with Crippen molar-refractivity contribution in [1.82, 2.24) is 0 Å². The van der Waals surface area contributed by atoms with Gasteiger partial charge in [0.05, 0.1) is 22.2 Å². The summed E-state index contributed by atoms with van der Waals surface area (Å²) in [5, 5.41) is 2.73. The summed E-state index contributed by atoms with van der Waals surface area (Å²) in [6.07, 6.45) is 0.189. The lowest BCUT2D eigenvalue weighted by atomic mass is 10.2. The first-order chi connectivity index (χ1) is 10.1. The Balaban J connectivity index is 1.90. The summed E-state index contributed by atoms with van der Waals surface area (Å²) in [6.45, 7) is 1.95. The van der Waals surface area contributed by atoms with E-state index in [0.717, 1.165) is 10.5 Å². The maximum Gasteiger partial charge on any atom is 0.225 e. The van der Waals surface area contributed by atoms with E-state index in [4.69, 9.17) is 5.73 Å². The molecule has 2 aromatic carbocycles. The van der Waals surface area contributed by atoms with E-state index < -0.39 is 10.8 Å². The number of hydrogen-bond donors (Lipinski definition) is 2. The Labute approximate surface area is 126 Å². The average molecular weight is 302 g/mol. The lowest BCUT2D eigenvalue weighted by molar-refractivity contribution is -0.115. The van der Waals surface area contributed by atoms with Crippen LogP contribution in [0.2, 0.25) is 0 Å². The van der Waals surface area contributed by atoms with Gasteiger partial charge in [-0.2, -0.15) is 0 Å². The standard InChI is InChI=1S/C16H18N2O2S/c1-12-5-4-6-13(11-12)21(20)10-9-16(19)18-15-8-3-2-7-14(15)17/h2-8,11H,9-10,17H2,1H3,(H,18,19). The highest BCUT2D eigenvalue weighted by molar-refractivity contribution is 7.85. The van der Waals surface area contributed by atoms with Crippen LogP contribution in [0.25, 0.3) is 0 Å². The molecule has 21 heavy (non-hydrogen) atoms. The fraction of sp³-hybridized carbons (Fsp3) is 0.188. The topological polar surface area (TPSA) is 72.2 Å². The van der Waals surface area contributed by atoms with Crippen LogP contribution in [-0.4, -0.2) is 15.9 Å². The third kappa shape index (κ3) is 4.43. The molecular weight excluding hydrogens is 284 g/mol. The van der Waals surface area contributed by atoms with Crippen molar-refractivity contribution in [2.75, 3.05) is 16.8 Å². The predicted molar refractivity (Wildman–Crippen MR) is 86.6 cm³/mol. The molecule has 0 radical (unpaired) electrons. The zero-order valence-corrected chi connectivity index (χ0v) is 12.7. The molecule has 2 rings (SSSR count). The van der Waals surface area contributed by atoms with Crippen LogP contribution in [0.15, 0.2) is 53.4 Å². The first-order valence-corrected chi connectivity index (χ1v) is 7.97. The molecule has 0 aliphatic carbocycles. The molecule has 0 aliphatic heterocycles. The number of hydrogen-bond acceptors (Lipinski definition) is 3. The second-order valence-corrected chi connectivity index (χ2v) is 6.32. The number of aryl methyl sites for hydroxylation is 1. The van der Waals surface area contributed by atoms with Crippen molar-refractivity contribution < 1.29 is 9.00 Å². The lowest BCUT2D eigenvalue weighted by Gasteiger charge is -2.08. The number of nitrogens with two attached hydrogens (primary N) is 1. The van der Waals surface area contributed by atoms with E-state index in [0.29, 0.717) is 17.1 Å². The maximum atomic E-state index is 12.1. The molecule has 0 aromatic heterocycles. The van der Waals surface area contributed by atoms with E-state index in [9.17, 15) is 9.00 Å². The highest BCUT2D eigenvalue weighted by Gasteiger charge is 2.09. The summed E-state index contributed by atoms with van der Waals surface area (Å²) in [5.74, 6) is 0.107. The smallest absolute Gasteiger partial charge is 0.225 e. The largest absolute Gasteiger partial charge is 0.397 e. The monoisotopic (exact) mass is 302 g/mol. The number of benzene rings is 2. The summed E-state index contributed by atoms with van der Waals surface area (Å²) >= 11 is 0. The van der Waals surface area contributed by atoms with Crippen molar-refractivity contribution >= 4 is 28.1 Å². The number of rotatable bonds is 5. The molecule has 0 heterocycles. The molecule has 0 saturated heterocycles. The van der Waals surface area contributed by atoms with Crippen LogP contribution in [0, 0.1) is 6.92 Å². The van der Waals surface area contributed by atoms with Crippen LogP contribution in [-0.2, 0) is 15.6 Å². The Hall–Kier alpha value is -2.14. The third-order valence-electron chi connectivity index (χ3n) is 3.00. The van der Waals surface area contributed by atoms with E-state index in [1.54, 1.807) is 24.3 Å². The van der Waals surface area contributed by atoms with E-state index in [1.165, 1.54) is 0 Å². The van der Waals surface area contributed by atoms with Crippen LogP contribution in [0.5, 0.6) is 0 Å². The first-order valence-electron chi connectivity index (χ1n) is 6.65. The average Bonchev–Trinajstić information content (AvgIpc) is 2.47. The minimum atomic E-state index is -1.17. The van der Waals surface area contributed by atoms with Crippen LogP contribution in [0.4, 0.5) is 11.4 Å². The van der Waals surface area contributed by atoms with Crippen LogP contribution in [0.3, 0.4) is 0 Å². The number of carbonyl (C=O) groups excluding carboxylic acids is 1. The summed E-state index contributed by atoms with van der Waals surface area (Å²) in [5.41, 5.74) is 7.92. The van der Waals surface area contributed by atoms with Gasteiger partial charge in [-0.3, -0.25) is 9.00 Å². The number of nitrogens with one attached hydrogen (secondary N) is 1. The van der Waals surface area contributed by atoms with E-state index in [1.807, 2.05) is 31.2 Å². The molecular formula is C16H18N2O2S. The van der Waals surface area contributed by atoms with E-state index in [-0.39, 0.29) is 12.3 Å². The number of anilines is 2. The van der Waals surface area contributed by atoms with Gasteiger partial charge in [-0.15, -0.1) is 0 Å². The van der Waals surface area contributed by atoms with Crippen LogP contribution < -0.4 is 11.1 Å². The second kappa shape index (κ2) is 7.04. The lowest BCUT2D eigenvalue weighted by Crippen LogP contribution is -2.15. The number of amides is 1. The molecule has 0 bridgehead atoms. The molecule has 0 spiro atoms. The molecule has 1 amide bonds. The van der Waals surface area contributed by atoms with Crippen LogP contribution in [0.1, 0.15) is 12.0 Å². The first kappa shape index (κ1) is 15.3. The molecule has 0 fully saturated rings. The Morgan fingerprint density at radius 3 is 2.67 bits per heavy atom. The molecule has 0 aliphatic rings. The molecule has 5 heteroatoms. The summed E-state index contributed by atoms with van der Waals surface area (Å²) in [4.78, 5) is 12.6. The fourth-order valence-electron chi connectivity index (χ4n) is 1.88. The van der Waals surface area contributed by atoms with Gasteiger partial charge in [-0.05, 0) is 36.8 Å². The molecule has 2 aromatic rings. The summed E-state index contributed by atoms with van der Waals surface area (Å²) < 4.78 is 12.1. The molecule has 110 valence electrons. The van der Waals surface area contributed by atoms with Crippen molar-refractivity contribution in [3.63, 3.8) is 0 Å². The zero-order valence-electron chi connectivity index (χ0n) is 11.8.